The normalized spacial score (nSPS) is 14.4. The molecule has 0 bridgehead atoms. The molecule has 0 saturated carbocycles. The van der Waals surface area contributed by atoms with Crippen LogP contribution < -0.4 is 15.4 Å². The van der Waals surface area contributed by atoms with Crippen LogP contribution in [0.2, 0.25) is 0 Å². The lowest BCUT2D eigenvalue weighted by atomic mass is 9.96. The Bertz CT molecular complexity index is 853. The molecule has 3 rings (SSSR count). The third kappa shape index (κ3) is 5.50. The first kappa shape index (κ1) is 20.7. The quantitative estimate of drug-likeness (QED) is 0.804. The molecule has 0 atom stereocenters. The molecule has 154 valence electrons. The van der Waals surface area contributed by atoms with E-state index in [1.807, 2.05) is 55.1 Å². The number of nitrogens with one attached hydrogen (secondary N) is 2. The average Bonchev–Trinajstić information content (AvgIpc) is 2.72. The van der Waals surface area contributed by atoms with E-state index in [1.165, 1.54) is 0 Å². The topological polar surface area (TPSA) is 70.7 Å². The van der Waals surface area contributed by atoms with Gasteiger partial charge in [0.25, 0.3) is 5.91 Å². The summed E-state index contributed by atoms with van der Waals surface area (Å²) in [6.45, 7) is 5.97. The second kappa shape index (κ2) is 9.45. The van der Waals surface area contributed by atoms with E-state index in [2.05, 4.69) is 16.7 Å². The summed E-state index contributed by atoms with van der Waals surface area (Å²) >= 11 is 0. The van der Waals surface area contributed by atoms with Crippen molar-refractivity contribution in [2.45, 2.75) is 26.7 Å². The van der Waals surface area contributed by atoms with E-state index < -0.39 is 0 Å². The molecule has 6 nitrogen and oxygen atoms in total. The first-order chi connectivity index (χ1) is 14.0. The number of anilines is 1. The van der Waals surface area contributed by atoms with Gasteiger partial charge in [0.2, 0.25) is 0 Å². The van der Waals surface area contributed by atoms with E-state index in [1.54, 1.807) is 7.11 Å². The molecule has 0 aromatic heterocycles. The lowest BCUT2D eigenvalue weighted by Crippen LogP contribution is -2.43. The molecular weight excluding hydrogens is 366 g/mol. The number of benzene rings is 2. The zero-order valence-corrected chi connectivity index (χ0v) is 17.3. The Labute approximate surface area is 172 Å². The minimum absolute atomic E-state index is 0.0341. The summed E-state index contributed by atoms with van der Waals surface area (Å²) in [5, 5.41) is 5.97. The number of amides is 3. The van der Waals surface area contributed by atoms with Crippen LogP contribution in [0.15, 0.2) is 42.5 Å². The summed E-state index contributed by atoms with van der Waals surface area (Å²) in [7, 11) is 1.59. The Hall–Kier alpha value is -3.02. The van der Waals surface area contributed by atoms with Gasteiger partial charge in [-0.25, -0.2) is 4.79 Å². The number of hydrogen-bond donors (Lipinski definition) is 2. The molecule has 2 aromatic rings. The Morgan fingerprint density at radius 3 is 2.38 bits per heavy atom. The monoisotopic (exact) mass is 395 g/mol. The summed E-state index contributed by atoms with van der Waals surface area (Å²) in [6, 6.07) is 13.1. The van der Waals surface area contributed by atoms with Crippen molar-refractivity contribution in [2.75, 3.05) is 32.1 Å². The number of methoxy groups -OCH3 is 1. The number of para-hydroxylation sites is 2. The van der Waals surface area contributed by atoms with Gasteiger partial charge < -0.3 is 20.3 Å². The van der Waals surface area contributed by atoms with Crippen LogP contribution in [0.25, 0.3) is 0 Å². The number of likely N-dealkylation sites (tertiary alicyclic amines) is 1. The highest BCUT2D eigenvalue weighted by Gasteiger charge is 2.24. The molecule has 29 heavy (non-hydrogen) atoms. The van der Waals surface area contributed by atoms with Crippen molar-refractivity contribution in [3.05, 3.63) is 59.2 Å². The number of carbonyl (C=O) groups excluding carboxylic acids is 2. The van der Waals surface area contributed by atoms with Crippen LogP contribution in [0.1, 0.15) is 34.3 Å². The molecule has 0 aliphatic carbocycles. The van der Waals surface area contributed by atoms with Crippen LogP contribution in [-0.4, -0.2) is 43.6 Å². The molecule has 0 unspecified atom stereocenters. The second-order valence-corrected chi connectivity index (χ2v) is 7.65. The predicted octanol–water partition coefficient (Wildman–Crippen LogP) is 3.99. The molecule has 2 N–H and O–H groups in total. The van der Waals surface area contributed by atoms with Crippen molar-refractivity contribution >= 4 is 17.6 Å². The second-order valence-electron chi connectivity index (χ2n) is 7.65. The Balaban J connectivity index is 1.46. The molecule has 3 amide bonds. The zero-order chi connectivity index (χ0) is 20.8. The van der Waals surface area contributed by atoms with Gasteiger partial charge in [0.15, 0.2) is 0 Å². The minimum atomic E-state index is -0.118. The third-order valence-corrected chi connectivity index (χ3v) is 5.29. The Kier molecular flexibility index (Phi) is 6.75. The van der Waals surface area contributed by atoms with Crippen molar-refractivity contribution in [2.24, 2.45) is 5.92 Å². The Morgan fingerprint density at radius 1 is 1.07 bits per heavy atom. The van der Waals surface area contributed by atoms with E-state index in [9.17, 15) is 9.59 Å². The summed E-state index contributed by atoms with van der Waals surface area (Å²) < 4.78 is 5.28. The highest BCUT2D eigenvalue weighted by atomic mass is 16.5. The van der Waals surface area contributed by atoms with Gasteiger partial charge in [0.05, 0.1) is 12.8 Å². The Morgan fingerprint density at radius 2 is 1.72 bits per heavy atom. The van der Waals surface area contributed by atoms with Gasteiger partial charge in [-0.3, -0.25) is 4.79 Å². The lowest BCUT2D eigenvalue weighted by Gasteiger charge is -2.32. The number of nitrogens with zero attached hydrogens (tertiary/aromatic N) is 1. The van der Waals surface area contributed by atoms with Crippen LogP contribution >= 0.6 is 0 Å². The molecule has 0 radical (unpaired) electrons. The minimum Gasteiger partial charge on any atom is -0.495 e. The first-order valence-electron chi connectivity index (χ1n) is 10.0. The van der Waals surface area contributed by atoms with Gasteiger partial charge in [0.1, 0.15) is 5.75 Å². The third-order valence-electron chi connectivity index (χ3n) is 5.29. The SMILES string of the molecule is COc1ccccc1NC(=O)N1CCC(CNC(=O)c2cc(C)cc(C)c2)CC1. The van der Waals surface area contributed by atoms with Crippen molar-refractivity contribution in [1.29, 1.82) is 0 Å². The number of carbonyl (C=O) groups is 2. The molecular formula is C23H29N3O3. The van der Waals surface area contributed by atoms with Crippen LogP contribution in [0, 0.1) is 19.8 Å². The standard InChI is InChI=1S/C23H29N3O3/c1-16-12-17(2)14-19(13-16)22(27)24-15-18-8-10-26(11-9-18)23(28)25-20-6-4-5-7-21(20)29-3/h4-7,12-14,18H,8-11,15H2,1-3H3,(H,24,27)(H,25,28). The number of rotatable bonds is 5. The van der Waals surface area contributed by atoms with Crippen LogP contribution in [0.4, 0.5) is 10.5 Å². The number of ether oxygens (including phenoxy) is 1. The maximum absolute atomic E-state index is 12.5. The summed E-state index contributed by atoms with van der Waals surface area (Å²) in [5.74, 6) is 0.984. The number of hydrogen-bond acceptors (Lipinski definition) is 3. The van der Waals surface area contributed by atoms with E-state index in [4.69, 9.17) is 4.74 Å². The highest BCUT2D eigenvalue weighted by molar-refractivity contribution is 5.94. The summed E-state index contributed by atoms with van der Waals surface area (Å²) in [4.78, 5) is 26.8. The van der Waals surface area contributed by atoms with Gasteiger partial charge in [-0.1, -0.05) is 29.3 Å². The van der Waals surface area contributed by atoms with Gasteiger partial charge >= 0.3 is 6.03 Å². The molecule has 1 heterocycles. The molecule has 0 spiro atoms. The maximum Gasteiger partial charge on any atom is 0.321 e. The van der Waals surface area contributed by atoms with Crippen LogP contribution in [0.5, 0.6) is 5.75 Å². The molecule has 1 saturated heterocycles. The van der Waals surface area contributed by atoms with Crippen LogP contribution in [0.3, 0.4) is 0 Å². The van der Waals surface area contributed by atoms with E-state index in [-0.39, 0.29) is 11.9 Å². The number of piperidine rings is 1. The molecule has 1 fully saturated rings. The van der Waals surface area contributed by atoms with E-state index >= 15 is 0 Å². The van der Waals surface area contributed by atoms with Crippen molar-refractivity contribution < 1.29 is 14.3 Å². The molecule has 2 aromatic carbocycles. The number of aryl methyl sites for hydroxylation is 2. The first-order valence-corrected chi connectivity index (χ1v) is 10.0. The fraction of sp³-hybridized carbons (Fsp3) is 0.391. The van der Waals surface area contributed by atoms with Gasteiger partial charge in [-0.05, 0) is 56.9 Å². The largest absolute Gasteiger partial charge is 0.495 e. The van der Waals surface area contributed by atoms with Crippen molar-refractivity contribution in [3.63, 3.8) is 0 Å². The van der Waals surface area contributed by atoms with Crippen LogP contribution in [-0.2, 0) is 0 Å². The lowest BCUT2D eigenvalue weighted by molar-refractivity contribution is 0.0938. The summed E-state index contributed by atoms with van der Waals surface area (Å²) in [6.07, 6.45) is 1.74. The molecule has 1 aliphatic heterocycles. The maximum atomic E-state index is 12.5. The fourth-order valence-corrected chi connectivity index (χ4v) is 3.73. The molecule has 1 aliphatic rings. The predicted molar refractivity (Wildman–Crippen MR) is 115 cm³/mol. The molecule has 6 heteroatoms. The van der Waals surface area contributed by atoms with E-state index in [0.717, 1.165) is 24.0 Å². The summed E-state index contributed by atoms with van der Waals surface area (Å²) in [5.41, 5.74) is 3.55. The smallest absolute Gasteiger partial charge is 0.321 e. The van der Waals surface area contributed by atoms with Crippen molar-refractivity contribution in [1.82, 2.24) is 10.2 Å². The van der Waals surface area contributed by atoms with Gasteiger partial charge in [-0.2, -0.15) is 0 Å². The zero-order valence-electron chi connectivity index (χ0n) is 17.3. The average molecular weight is 396 g/mol. The van der Waals surface area contributed by atoms with Gasteiger partial charge in [-0.15, -0.1) is 0 Å². The highest BCUT2D eigenvalue weighted by Crippen LogP contribution is 2.24. The fourth-order valence-electron chi connectivity index (χ4n) is 3.73. The van der Waals surface area contributed by atoms with Gasteiger partial charge in [0, 0.05) is 25.2 Å². The van der Waals surface area contributed by atoms with E-state index in [0.29, 0.717) is 42.6 Å². The number of urea groups is 1. The van der Waals surface area contributed by atoms with Crippen molar-refractivity contribution in [3.8, 4) is 5.75 Å².